The van der Waals surface area contributed by atoms with Crippen molar-refractivity contribution in [3.05, 3.63) is 12.3 Å². The molecule has 122 valence electrons. The molecule has 7 heteroatoms. The Morgan fingerprint density at radius 2 is 2.18 bits per heavy atom. The minimum absolute atomic E-state index is 0.0178. The number of rotatable bonds is 7. The number of carboxylic acids is 1. The van der Waals surface area contributed by atoms with E-state index in [9.17, 15) is 9.59 Å². The smallest absolute Gasteiger partial charge is 0.320 e. The summed E-state index contributed by atoms with van der Waals surface area (Å²) in [6.45, 7) is 5.71. The van der Waals surface area contributed by atoms with Crippen molar-refractivity contribution >= 4 is 17.8 Å². The summed E-state index contributed by atoms with van der Waals surface area (Å²) in [6, 6.07) is 1.69. The number of nitrogens with one attached hydrogen (secondary N) is 2. The van der Waals surface area contributed by atoms with Crippen molar-refractivity contribution in [1.29, 1.82) is 0 Å². The minimum atomic E-state index is -0.869. The van der Waals surface area contributed by atoms with E-state index in [2.05, 4.69) is 22.7 Å². The third-order valence-corrected chi connectivity index (χ3v) is 4.02. The van der Waals surface area contributed by atoms with Crippen LogP contribution >= 0.6 is 0 Å². The van der Waals surface area contributed by atoms with Crippen LogP contribution in [0.15, 0.2) is 12.3 Å². The molecule has 1 heterocycles. The van der Waals surface area contributed by atoms with Crippen molar-refractivity contribution in [3.8, 4) is 0 Å². The predicted octanol–water partition coefficient (Wildman–Crippen LogP) is 2.62. The Morgan fingerprint density at radius 1 is 1.50 bits per heavy atom. The van der Waals surface area contributed by atoms with Crippen LogP contribution in [0, 0.1) is 5.92 Å². The van der Waals surface area contributed by atoms with Crippen LogP contribution in [-0.4, -0.2) is 32.4 Å². The van der Waals surface area contributed by atoms with Gasteiger partial charge in [-0.15, -0.1) is 0 Å². The Kier molecular flexibility index (Phi) is 4.73. The molecule has 3 N–H and O–H groups in total. The topological polar surface area (TPSA) is 96.3 Å². The fraction of sp³-hybridized carbons (Fsp3) is 0.667. The molecule has 2 rings (SSSR count). The molecular weight excluding hydrogens is 284 g/mol. The summed E-state index contributed by atoms with van der Waals surface area (Å²) in [4.78, 5) is 22.8. The van der Waals surface area contributed by atoms with Gasteiger partial charge in [0.15, 0.2) is 0 Å². The van der Waals surface area contributed by atoms with Gasteiger partial charge in [0.25, 0.3) is 0 Å². The lowest BCUT2D eigenvalue weighted by Crippen LogP contribution is -2.46. The van der Waals surface area contributed by atoms with Crippen LogP contribution in [0.5, 0.6) is 0 Å². The molecule has 1 fully saturated rings. The summed E-state index contributed by atoms with van der Waals surface area (Å²) in [5.74, 6) is 0.424. The average molecular weight is 308 g/mol. The zero-order valence-corrected chi connectivity index (χ0v) is 13.3. The van der Waals surface area contributed by atoms with Crippen LogP contribution < -0.4 is 10.6 Å². The monoisotopic (exact) mass is 308 g/mol. The number of hydrogen-bond donors (Lipinski definition) is 3. The van der Waals surface area contributed by atoms with Crippen LogP contribution in [0.1, 0.15) is 52.5 Å². The van der Waals surface area contributed by atoms with E-state index in [0.717, 1.165) is 0 Å². The lowest BCUT2D eigenvalue weighted by Gasteiger charge is -2.26. The molecule has 1 aliphatic carbocycles. The first-order valence-corrected chi connectivity index (χ1v) is 7.63. The summed E-state index contributed by atoms with van der Waals surface area (Å²) in [5, 5.41) is 18.6. The maximum absolute atomic E-state index is 12.1. The maximum atomic E-state index is 12.1. The van der Waals surface area contributed by atoms with Gasteiger partial charge in [0.1, 0.15) is 5.82 Å². The van der Waals surface area contributed by atoms with Crippen molar-refractivity contribution in [1.82, 2.24) is 15.1 Å². The first-order chi connectivity index (χ1) is 10.3. The van der Waals surface area contributed by atoms with Gasteiger partial charge in [-0.05, 0) is 46.0 Å². The molecule has 1 aromatic rings. The highest BCUT2D eigenvalue weighted by Gasteiger charge is 2.31. The summed E-state index contributed by atoms with van der Waals surface area (Å²) in [7, 11) is 0. The predicted molar refractivity (Wildman–Crippen MR) is 82.8 cm³/mol. The molecule has 22 heavy (non-hydrogen) atoms. The highest BCUT2D eigenvalue weighted by atomic mass is 16.4. The Morgan fingerprint density at radius 3 is 2.77 bits per heavy atom. The summed E-state index contributed by atoms with van der Waals surface area (Å²) < 4.78 is 1.83. The third-order valence-electron chi connectivity index (χ3n) is 4.02. The second kappa shape index (κ2) is 6.37. The number of nitrogens with zero attached hydrogens (tertiary/aromatic N) is 2. The Hall–Kier alpha value is -2.05. The van der Waals surface area contributed by atoms with Crippen LogP contribution in [0.3, 0.4) is 0 Å². The van der Waals surface area contributed by atoms with Crippen molar-refractivity contribution in [3.63, 3.8) is 0 Å². The lowest BCUT2D eigenvalue weighted by atomic mass is 9.99. The standard InChI is InChI=1S/C15H24N4O3/c1-10(11-4-5-11)19-12(7-9-16-19)17-14(22)18-15(2,3)8-6-13(20)21/h7,9-11H,4-6,8H2,1-3H3,(H,20,21)(H2,17,18,22). The molecule has 0 aliphatic heterocycles. The number of hydrogen-bond acceptors (Lipinski definition) is 3. The van der Waals surface area contributed by atoms with Crippen LogP contribution in [0.4, 0.5) is 10.6 Å². The van der Waals surface area contributed by atoms with Crippen molar-refractivity contribution in [2.75, 3.05) is 5.32 Å². The second-order valence-corrected chi connectivity index (χ2v) is 6.60. The molecule has 0 radical (unpaired) electrons. The zero-order chi connectivity index (χ0) is 16.3. The van der Waals surface area contributed by atoms with E-state index in [0.29, 0.717) is 18.2 Å². The van der Waals surface area contributed by atoms with E-state index in [4.69, 9.17) is 5.11 Å². The largest absolute Gasteiger partial charge is 0.481 e. The van der Waals surface area contributed by atoms with Gasteiger partial charge in [0.05, 0.1) is 12.2 Å². The Balaban J connectivity index is 1.92. The van der Waals surface area contributed by atoms with Gasteiger partial charge >= 0.3 is 12.0 Å². The van der Waals surface area contributed by atoms with E-state index >= 15 is 0 Å². The van der Waals surface area contributed by atoms with Crippen molar-refractivity contribution in [2.24, 2.45) is 5.92 Å². The first kappa shape index (κ1) is 16.3. The number of carboxylic acid groups (broad SMARTS) is 1. The van der Waals surface area contributed by atoms with Gasteiger partial charge < -0.3 is 10.4 Å². The van der Waals surface area contributed by atoms with Gasteiger partial charge in [-0.3, -0.25) is 10.1 Å². The summed E-state index contributed by atoms with van der Waals surface area (Å²) >= 11 is 0. The third kappa shape index (κ3) is 4.47. The van der Waals surface area contributed by atoms with Crippen LogP contribution in [-0.2, 0) is 4.79 Å². The van der Waals surface area contributed by atoms with Crippen LogP contribution in [0.25, 0.3) is 0 Å². The van der Waals surface area contributed by atoms with Gasteiger partial charge in [-0.25, -0.2) is 9.48 Å². The molecule has 1 atom stereocenters. The van der Waals surface area contributed by atoms with Gasteiger partial charge in [0, 0.05) is 18.0 Å². The molecule has 0 bridgehead atoms. The molecule has 0 saturated heterocycles. The molecule has 1 unspecified atom stereocenters. The highest BCUT2D eigenvalue weighted by molar-refractivity contribution is 5.88. The Labute approximate surface area is 130 Å². The van der Waals surface area contributed by atoms with Crippen molar-refractivity contribution < 1.29 is 14.7 Å². The number of aromatic nitrogens is 2. The second-order valence-electron chi connectivity index (χ2n) is 6.60. The number of carbonyl (C=O) groups is 2. The average Bonchev–Trinajstić information content (AvgIpc) is 3.16. The fourth-order valence-corrected chi connectivity index (χ4v) is 2.45. The van der Waals surface area contributed by atoms with Gasteiger partial charge in [-0.2, -0.15) is 5.10 Å². The Bertz CT molecular complexity index is 549. The minimum Gasteiger partial charge on any atom is -0.481 e. The summed E-state index contributed by atoms with van der Waals surface area (Å²) in [5.41, 5.74) is -0.588. The number of aliphatic carboxylic acids is 1. The lowest BCUT2D eigenvalue weighted by molar-refractivity contribution is -0.137. The van der Waals surface area contributed by atoms with E-state index in [1.165, 1.54) is 12.8 Å². The van der Waals surface area contributed by atoms with E-state index in [1.54, 1.807) is 26.1 Å². The molecule has 1 aliphatic rings. The normalized spacial score (nSPS) is 16.1. The van der Waals surface area contributed by atoms with Gasteiger partial charge in [0.2, 0.25) is 0 Å². The molecule has 0 aromatic carbocycles. The molecule has 2 amide bonds. The molecule has 7 nitrogen and oxygen atoms in total. The fourth-order valence-electron chi connectivity index (χ4n) is 2.45. The van der Waals surface area contributed by atoms with E-state index in [1.807, 2.05) is 4.68 Å². The van der Waals surface area contributed by atoms with Crippen molar-refractivity contribution in [2.45, 2.75) is 58.0 Å². The maximum Gasteiger partial charge on any atom is 0.320 e. The molecule has 1 saturated carbocycles. The van der Waals surface area contributed by atoms with Gasteiger partial charge in [-0.1, -0.05) is 0 Å². The zero-order valence-electron chi connectivity index (χ0n) is 13.3. The molecular formula is C15H24N4O3. The highest BCUT2D eigenvalue weighted by Crippen LogP contribution is 2.40. The summed E-state index contributed by atoms with van der Waals surface area (Å²) in [6.07, 6.45) is 4.46. The number of amides is 2. The van der Waals surface area contributed by atoms with Crippen LogP contribution in [0.2, 0.25) is 0 Å². The molecule has 0 spiro atoms. The van der Waals surface area contributed by atoms with E-state index in [-0.39, 0.29) is 18.5 Å². The first-order valence-electron chi connectivity index (χ1n) is 7.63. The number of anilines is 1. The molecule has 1 aromatic heterocycles. The quantitative estimate of drug-likeness (QED) is 0.721. The number of carbonyl (C=O) groups excluding carboxylic acids is 1. The van der Waals surface area contributed by atoms with E-state index < -0.39 is 11.5 Å². The number of urea groups is 1. The SMILES string of the molecule is CC(C1CC1)n1nccc1NC(=O)NC(C)(C)CCC(=O)O.